The number of aryl methyl sites for hydroxylation is 1. The minimum Gasteiger partial charge on any atom is -0.448 e. The van der Waals surface area contributed by atoms with Crippen molar-refractivity contribution in [1.82, 2.24) is 15.2 Å². The van der Waals surface area contributed by atoms with Crippen molar-refractivity contribution in [3.8, 4) is 0 Å². The van der Waals surface area contributed by atoms with Crippen LogP contribution in [-0.2, 0) is 6.54 Å². The van der Waals surface area contributed by atoms with E-state index in [-0.39, 0.29) is 0 Å². The first-order valence-electron chi connectivity index (χ1n) is 6.61. The number of aromatic nitrogens is 1. The second-order valence-corrected chi connectivity index (χ2v) is 4.88. The molecule has 4 heteroatoms. The summed E-state index contributed by atoms with van der Waals surface area (Å²) in [5.41, 5.74) is 1.09. The monoisotopic (exact) mass is 237 g/mol. The van der Waals surface area contributed by atoms with Gasteiger partial charge in [-0.3, -0.25) is 4.90 Å². The van der Waals surface area contributed by atoms with Crippen molar-refractivity contribution in [2.75, 3.05) is 26.2 Å². The Balaban J connectivity index is 1.74. The largest absolute Gasteiger partial charge is 0.448 e. The van der Waals surface area contributed by atoms with Crippen molar-refractivity contribution in [3.05, 3.63) is 17.8 Å². The Hall–Kier alpha value is -0.870. The molecule has 2 heterocycles. The van der Waals surface area contributed by atoms with Gasteiger partial charge in [0.25, 0.3) is 0 Å². The summed E-state index contributed by atoms with van der Waals surface area (Å²) < 4.78 is 5.23. The SMILES string of the molecule is CCNCC1CCN(Cc2ncoc2C)CC1. The number of hydrogen-bond acceptors (Lipinski definition) is 4. The highest BCUT2D eigenvalue weighted by atomic mass is 16.3. The quantitative estimate of drug-likeness (QED) is 0.848. The molecule has 1 N–H and O–H groups in total. The fraction of sp³-hybridized carbons (Fsp3) is 0.769. The van der Waals surface area contributed by atoms with E-state index in [4.69, 9.17) is 4.42 Å². The summed E-state index contributed by atoms with van der Waals surface area (Å²) in [6, 6.07) is 0. The van der Waals surface area contributed by atoms with Gasteiger partial charge in [-0.15, -0.1) is 0 Å². The minimum atomic E-state index is 0.851. The Labute approximate surface area is 103 Å². The summed E-state index contributed by atoms with van der Waals surface area (Å²) in [5, 5.41) is 3.44. The third-order valence-corrected chi connectivity index (χ3v) is 3.61. The first kappa shape index (κ1) is 12.6. The van der Waals surface area contributed by atoms with Gasteiger partial charge in [0.1, 0.15) is 5.76 Å². The Morgan fingerprint density at radius 1 is 1.47 bits per heavy atom. The zero-order chi connectivity index (χ0) is 12.1. The van der Waals surface area contributed by atoms with Gasteiger partial charge in [-0.05, 0) is 51.9 Å². The van der Waals surface area contributed by atoms with Gasteiger partial charge < -0.3 is 9.73 Å². The number of rotatable bonds is 5. The van der Waals surface area contributed by atoms with Crippen LogP contribution in [0, 0.1) is 12.8 Å². The van der Waals surface area contributed by atoms with Gasteiger partial charge in [-0.2, -0.15) is 0 Å². The van der Waals surface area contributed by atoms with E-state index >= 15 is 0 Å². The molecule has 1 saturated heterocycles. The summed E-state index contributed by atoms with van der Waals surface area (Å²) >= 11 is 0. The zero-order valence-electron chi connectivity index (χ0n) is 10.9. The van der Waals surface area contributed by atoms with Crippen LogP contribution >= 0.6 is 0 Å². The van der Waals surface area contributed by atoms with E-state index in [9.17, 15) is 0 Å². The molecular weight excluding hydrogens is 214 g/mol. The van der Waals surface area contributed by atoms with E-state index in [1.54, 1.807) is 6.39 Å². The minimum absolute atomic E-state index is 0.851. The molecule has 0 unspecified atom stereocenters. The fourth-order valence-corrected chi connectivity index (χ4v) is 2.39. The van der Waals surface area contributed by atoms with E-state index < -0.39 is 0 Å². The zero-order valence-corrected chi connectivity index (χ0v) is 10.9. The van der Waals surface area contributed by atoms with E-state index in [2.05, 4.69) is 22.1 Å². The first-order chi connectivity index (χ1) is 8.29. The van der Waals surface area contributed by atoms with Gasteiger partial charge in [-0.25, -0.2) is 4.98 Å². The summed E-state index contributed by atoms with van der Waals surface area (Å²) in [6.07, 6.45) is 4.14. The molecule has 0 bridgehead atoms. The van der Waals surface area contributed by atoms with Crippen molar-refractivity contribution in [1.29, 1.82) is 0 Å². The molecule has 4 nitrogen and oxygen atoms in total. The smallest absolute Gasteiger partial charge is 0.181 e. The van der Waals surface area contributed by atoms with E-state index in [0.29, 0.717) is 0 Å². The van der Waals surface area contributed by atoms with Crippen LogP contribution in [-0.4, -0.2) is 36.1 Å². The molecule has 1 aliphatic rings. The van der Waals surface area contributed by atoms with Crippen LogP contribution in [0.5, 0.6) is 0 Å². The molecule has 0 aromatic carbocycles. The Morgan fingerprint density at radius 3 is 2.82 bits per heavy atom. The molecule has 1 fully saturated rings. The van der Waals surface area contributed by atoms with Gasteiger partial charge in [0.15, 0.2) is 6.39 Å². The Morgan fingerprint density at radius 2 is 2.24 bits per heavy atom. The van der Waals surface area contributed by atoms with Gasteiger partial charge in [0.05, 0.1) is 5.69 Å². The maximum Gasteiger partial charge on any atom is 0.181 e. The molecule has 0 radical (unpaired) electrons. The molecular formula is C13H23N3O. The highest BCUT2D eigenvalue weighted by molar-refractivity contribution is 5.04. The van der Waals surface area contributed by atoms with Crippen molar-refractivity contribution >= 4 is 0 Å². The summed E-state index contributed by atoms with van der Waals surface area (Å²) in [5.74, 6) is 1.81. The lowest BCUT2D eigenvalue weighted by Gasteiger charge is -2.31. The highest BCUT2D eigenvalue weighted by Gasteiger charge is 2.19. The van der Waals surface area contributed by atoms with Gasteiger partial charge in [0, 0.05) is 6.54 Å². The number of hydrogen-bond donors (Lipinski definition) is 1. The molecule has 0 atom stereocenters. The van der Waals surface area contributed by atoms with Crippen LogP contribution in [0.2, 0.25) is 0 Å². The first-order valence-corrected chi connectivity index (χ1v) is 6.61. The second-order valence-electron chi connectivity index (χ2n) is 4.88. The van der Waals surface area contributed by atoms with Gasteiger partial charge >= 0.3 is 0 Å². The maximum absolute atomic E-state index is 5.23. The van der Waals surface area contributed by atoms with Crippen LogP contribution < -0.4 is 5.32 Å². The molecule has 0 spiro atoms. The third-order valence-electron chi connectivity index (χ3n) is 3.61. The molecule has 1 aliphatic heterocycles. The van der Waals surface area contributed by atoms with Crippen molar-refractivity contribution < 1.29 is 4.42 Å². The normalized spacial score (nSPS) is 18.7. The van der Waals surface area contributed by atoms with Crippen molar-refractivity contribution in [2.24, 2.45) is 5.92 Å². The van der Waals surface area contributed by atoms with Crippen LogP contribution in [0.3, 0.4) is 0 Å². The average molecular weight is 237 g/mol. The number of piperidine rings is 1. The summed E-state index contributed by atoms with van der Waals surface area (Å²) in [6.45, 7) is 9.72. The number of likely N-dealkylation sites (tertiary alicyclic amines) is 1. The van der Waals surface area contributed by atoms with Gasteiger partial charge in [-0.1, -0.05) is 6.92 Å². The summed E-state index contributed by atoms with van der Waals surface area (Å²) in [7, 11) is 0. The topological polar surface area (TPSA) is 41.3 Å². The molecule has 1 aromatic heterocycles. The average Bonchev–Trinajstić information content (AvgIpc) is 2.74. The van der Waals surface area contributed by atoms with E-state index in [0.717, 1.165) is 30.5 Å². The number of oxazole rings is 1. The lowest BCUT2D eigenvalue weighted by atomic mass is 9.96. The predicted octanol–water partition coefficient (Wildman–Crippen LogP) is 1.80. The number of nitrogens with zero attached hydrogens (tertiary/aromatic N) is 2. The second kappa shape index (κ2) is 6.17. The lowest BCUT2D eigenvalue weighted by molar-refractivity contribution is 0.174. The standard InChI is InChI=1S/C13H23N3O/c1-3-14-8-12-4-6-16(7-5-12)9-13-11(2)17-10-15-13/h10,12,14H,3-9H2,1-2H3. The molecule has 0 saturated carbocycles. The third kappa shape index (κ3) is 3.54. The molecule has 1 aromatic rings. The van der Waals surface area contributed by atoms with Crippen molar-refractivity contribution in [2.45, 2.75) is 33.2 Å². The van der Waals surface area contributed by atoms with E-state index in [1.165, 1.54) is 32.5 Å². The van der Waals surface area contributed by atoms with Crippen molar-refractivity contribution in [3.63, 3.8) is 0 Å². The Kier molecular flexibility index (Phi) is 4.57. The van der Waals surface area contributed by atoms with Crippen LogP contribution in [0.4, 0.5) is 0 Å². The summed E-state index contributed by atoms with van der Waals surface area (Å²) in [4.78, 5) is 6.74. The number of nitrogens with one attached hydrogen (secondary N) is 1. The maximum atomic E-state index is 5.23. The van der Waals surface area contributed by atoms with Crippen LogP contribution in [0.15, 0.2) is 10.8 Å². The molecule has 0 amide bonds. The molecule has 17 heavy (non-hydrogen) atoms. The van der Waals surface area contributed by atoms with E-state index in [1.807, 2.05) is 6.92 Å². The molecule has 96 valence electrons. The van der Waals surface area contributed by atoms with Gasteiger partial charge in [0.2, 0.25) is 0 Å². The predicted molar refractivity (Wildman–Crippen MR) is 67.8 cm³/mol. The highest BCUT2D eigenvalue weighted by Crippen LogP contribution is 2.18. The lowest BCUT2D eigenvalue weighted by Crippen LogP contribution is -2.37. The fourth-order valence-electron chi connectivity index (χ4n) is 2.39. The Bertz CT molecular complexity index is 329. The molecule has 2 rings (SSSR count). The van der Waals surface area contributed by atoms with Crippen LogP contribution in [0.25, 0.3) is 0 Å². The van der Waals surface area contributed by atoms with Crippen LogP contribution in [0.1, 0.15) is 31.2 Å². The molecule has 0 aliphatic carbocycles.